The molecule has 0 spiro atoms. The molecule has 0 radical (unpaired) electrons. The molecule has 0 aliphatic carbocycles. The summed E-state index contributed by atoms with van der Waals surface area (Å²) >= 11 is 0. The molecule has 1 N–H and O–H groups in total. The van der Waals surface area contributed by atoms with Crippen LogP contribution in [0.15, 0.2) is 18.2 Å². The van der Waals surface area contributed by atoms with Crippen molar-refractivity contribution < 1.29 is 4.92 Å². The molecule has 1 aliphatic heterocycles. The molecule has 1 heterocycles. The summed E-state index contributed by atoms with van der Waals surface area (Å²) in [7, 11) is 0. The molecule has 0 unspecified atom stereocenters. The largest absolute Gasteiger partial charge is 0.384 e. The number of nitro benzene ring substituents is 1. The molecule has 1 aliphatic rings. The van der Waals surface area contributed by atoms with Crippen LogP contribution in [0.4, 0.5) is 11.4 Å². The van der Waals surface area contributed by atoms with Crippen LogP contribution >= 0.6 is 0 Å². The Balaban J connectivity index is 1.90. The minimum Gasteiger partial charge on any atom is -0.384 e. The minimum absolute atomic E-state index is 0.0953. The van der Waals surface area contributed by atoms with Gasteiger partial charge in [-0.15, -0.1) is 0 Å². The van der Waals surface area contributed by atoms with E-state index in [4.69, 9.17) is 5.26 Å². The maximum absolute atomic E-state index is 10.7. The number of hydrogen-bond acceptors (Lipinski definition) is 5. The third-order valence-electron chi connectivity index (χ3n) is 3.52. The Morgan fingerprint density at radius 1 is 1.35 bits per heavy atom. The monoisotopic (exact) mass is 274 g/mol. The Bertz CT molecular complexity index is 518. The van der Waals surface area contributed by atoms with E-state index in [0.29, 0.717) is 0 Å². The van der Waals surface area contributed by atoms with Gasteiger partial charge in [0.05, 0.1) is 4.92 Å². The number of anilines is 1. The van der Waals surface area contributed by atoms with Crippen molar-refractivity contribution in [3.63, 3.8) is 0 Å². The van der Waals surface area contributed by atoms with E-state index in [1.807, 2.05) is 6.07 Å². The van der Waals surface area contributed by atoms with Crippen molar-refractivity contribution in [2.45, 2.75) is 19.3 Å². The molecule has 1 aromatic rings. The van der Waals surface area contributed by atoms with Crippen LogP contribution in [0, 0.1) is 21.4 Å². The standard InChI is InChI=1S/C14H18N4O2/c15-11-12-10-13(4-5-14(12)18(19)20)16-6-9-17-7-2-1-3-8-17/h4-5,10,16H,1-3,6-9H2. The van der Waals surface area contributed by atoms with Crippen LogP contribution in [0.2, 0.25) is 0 Å². The molecule has 1 fully saturated rings. The lowest BCUT2D eigenvalue weighted by atomic mass is 10.1. The molecule has 0 amide bonds. The maximum atomic E-state index is 10.7. The van der Waals surface area contributed by atoms with Gasteiger partial charge in [-0.1, -0.05) is 6.42 Å². The number of hydrogen-bond donors (Lipinski definition) is 1. The van der Waals surface area contributed by atoms with Gasteiger partial charge in [-0.3, -0.25) is 10.1 Å². The Morgan fingerprint density at radius 3 is 2.75 bits per heavy atom. The summed E-state index contributed by atoms with van der Waals surface area (Å²) in [5.41, 5.74) is 0.705. The lowest BCUT2D eigenvalue weighted by Gasteiger charge is -2.26. The van der Waals surface area contributed by atoms with E-state index in [1.54, 1.807) is 6.07 Å². The van der Waals surface area contributed by atoms with Crippen LogP contribution in [-0.2, 0) is 0 Å². The average Bonchev–Trinajstić information content (AvgIpc) is 2.48. The quantitative estimate of drug-likeness (QED) is 0.658. The third kappa shape index (κ3) is 3.68. The maximum Gasteiger partial charge on any atom is 0.287 e. The normalized spacial score (nSPS) is 15.6. The van der Waals surface area contributed by atoms with Crippen molar-refractivity contribution in [1.82, 2.24) is 4.90 Å². The molecule has 1 aromatic carbocycles. The summed E-state index contributed by atoms with van der Waals surface area (Å²) in [5, 5.41) is 22.9. The van der Waals surface area contributed by atoms with Gasteiger partial charge in [-0.2, -0.15) is 5.26 Å². The second-order valence-electron chi connectivity index (χ2n) is 4.93. The summed E-state index contributed by atoms with van der Waals surface area (Å²) in [6.07, 6.45) is 3.84. The zero-order chi connectivity index (χ0) is 14.4. The molecule has 6 heteroatoms. The van der Waals surface area contributed by atoms with Gasteiger partial charge in [0, 0.05) is 24.8 Å². The SMILES string of the molecule is N#Cc1cc(NCCN2CCCCC2)ccc1[N+](=O)[O-]. The number of rotatable bonds is 5. The fourth-order valence-electron chi connectivity index (χ4n) is 2.44. The molecule has 6 nitrogen and oxygen atoms in total. The second-order valence-corrected chi connectivity index (χ2v) is 4.93. The summed E-state index contributed by atoms with van der Waals surface area (Å²) in [6, 6.07) is 6.43. The first kappa shape index (κ1) is 14.3. The number of likely N-dealkylation sites (tertiary alicyclic amines) is 1. The van der Waals surface area contributed by atoms with E-state index in [9.17, 15) is 10.1 Å². The van der Waals surface area contributed by atoms with Gasteiger partial charge < -0.3 is 10.2 Å². The molecule has 0 bridgehead atoms. The van der Waals surface area contributed by atoms with Gasteiger partial charge in [-0.25, -0.2) is 0 Å². The molecular formula is C14H18N4O2. The number of nitrogens with zero attached hydrogens (tertiary/aromatic N) is 3. The van der Waals surface area contributed by atoms with Crippen LogP contribution < -0.4 is 5.32 Å². The Hall–Kier alpha value is -2.13. The summed E-state index contributed by atoms with van der Waals surface area (Å²) < 4.78 is 0. The Labute approximate surface area is 118 Å². The molecule has 1 saturated heterocycles. The fraction of sp³-hybridized carbons (Fsp3) is 0.500. The second kappa shape index (κ2) is 6.87. The smallest absolute Gasteiger partial charge is 0.287 e. The number of piperidine rings is 1. The van der Waals surface area contributed by atoms with Gasteiger partial charge in [0.1, 0.15) is 11.6 Å². The fourth-order valence-corrected chi connectivity index (χ4v) is 2.44. The van der Waals surface area contributed by atoms with Crippen LogP contribution in [0.25, 0.3) is 0 Å². The predicted molar refractivity (Wildman–Crippen MR) is 76.6 cm³/mol. The van der Waals surface area contributed by atoms with Crippen LogP contribution in [0.5, 0.6) is 0 Å². The van der Waals surface area contributed by atoms with Crippen molar-refractivity contribution in [3.8, 4) is 6.07 Å². The van der Waals surface area contributed by atoms with E-state index in [1.165, 1.54) is 31.4 Å². The van der Waals surface area contributed by atoms with Crippen molar-refractivity contribution in [1.29, 1.82) is 5.26 Å². The number of benzene rings is 1. The van der Waals surface area contributed by atoms with Crippen molar-refractivity contribution in [2.75, 3.05) is 31.5 Å². The van der Waals surface area contributed by atoms with Crippen molar-refractivity contribution in [3.05, 3.63) is 33.9 Å². The Morgan fingerprint density at radius 2 is 2.10 bits per heavy atom. The number of nitrogens with one attached hydrogen (secondary N) is 1. The van der Waals surface area contributed by atoms with Gasteiger partial charge in [0.2, 0.25) is 0 Å². The van der Waals surface area contributed by atoms with Gasteiger partial charge in [-0.05, 0) is 38.1 Å². The highest BCUT2D eigenvalue weighted by Gasteiger charge is 2.14. The molecule has 106 valence electrons. The molecule has 0 aromatic heterocycles. The van der Waals surface area contributed by atoms with E-state index in [-0.39, 0.29) is 11.3 Å². The first-order valence-electron chi connectivity index (χ1n) is 6.85. The molecule has 0 saturated carbocycles. The van der Waals surface area contributed by atoms with E-state index < -0.39 is 4.92 Å². The molecule has 2 rings (SSSR count). The zero-order valence-corrected chi connectivity index (χ0v) is 11.3. The lowest BCUT2D eigenvalue weighted by molar-refractivity contribution is -0.385. The summed E-state index contributed by atoms with van der Waals surface area (Å²) in [4.78, 5) is 12.6. The van der Waals surface area contributed by atoms with Gasteiger partial charge in [0.15, 0.2) is 0 Å². The van der Waals surface area contributed by atoms with E-state index >= 15 is 0 Å². The van der Waals surface area contributed by atoms with Gasteiger partial charge in [0.25, 0.3) is 5.69 Å². The lowest BCUT2D eigenvalue weighted by Crippen LogP contribution is -2.33. The Kier molecular flexibility index (Phi) is 4.91. The molecular weight excluding hydrogens is 256 g/mol. The van der Waals surface area contributed by atoms with Crippen LogP contribution in [-0.4, -0.2) is 36.0 Å². The minimum atomic E-state index is -0.532. The zero-order valence-electron chi connectivity index (χ0n) is 11.3. The molecule has 20 heavy (non-hydrogen) atoms. The van der Waals surface area contributed by atoms with Crippen LogP contribution in [0.1, 0.15) is 24.8 Å². The average molecular weight is 274 g/mol. The predicted octanol–water partition coefficient (Wildman–Crippen LogP) is 2.36. The van der Waals surface area contributed by atoms with Gasteiger partial charge >= 0.3 is 0 Å². The topological polar surface area (TPSA) is 82.2 Å². The van der Waals surface area contributed by atoms with Crippen molar-refractivity contribution >= 4 is 11.4 Å². The highest BCUT2D eigenvalue weighted by molar-refractivity contribution is 5.58. The van der Waals surface area contributed by atoms with E-state index in [2.05, 4.69) is 10.2 Å². The molecule has 0 atom stereocenters. The summed E-state index contributed by atoms with van der Waals surface area (Å²) in [6.45, 7) is 4.03. The number of nitriles is 1. The third-order valence-corrected chi connectivity index (χ3v) is 3.52. The summed E-state index contributed by atoms with van der Waals surface area (Å²) in [5.74, 6) is 0. The highest BCUT2D eigenvalue weighted by Crippen LogP contribution is 2.21. The van der Waals surface area contributed by atoms with Crippen molar-refractivity contribution in [2.24, 2.45) is 0 Å². The first-order chi connectivity index (χ1) is 9.70. The van der Waals surface area contributed by atoms with Crippen LogP contribution in [0.3, 0.4) is 0 Å². The highest BCUT2D eigenvalue weighted by atomic mass is 16.6. The first-order valence-corrected chi connectivity index (χ1v) is 6.85. The number of nitro groups is 1. The van der Waals surface area contributed by atoms with E-state index in [0.717, 1.165) is 31.9 Å².